The third-order valence-corrected chi connectivity index (χ3v) is 4.69. The van der Waals surface area contributed by atoms with Crippen molar-refractivity contribution in [3.63, 3.8) is 0 Å². The number of likely N-dealkylation sites (tertiary alicyclic amines) is 1. The van der Waals surface area contributed by atoms with E-state index >= 15 is 0 Å². The maximum absolute atomic E-state index is 12.9. The minimum Gasteiger partial charge on any atom is -0.378 e. The fraction of sp³-hybridized carbons (Fsp3) is 0.778. The van der Waals surface area contributed by atoms with Crippen molar-refractivity contribution in [1.29, 1.82) is 5.26 Å². The summed E-state index contributed by atoms with van der Waals surface area (Å²) < 4.78 is 5.25. The fourth-order valence-electron chi connectivity index (χ4n) is 3.28. The highest BCUT2D eigenvalue weighted by Gasteiger charge is 2.44. The van der Waals surface area contributed by atoms with Crippen molar-refractivity contribution >= 4 is 17.8 Å². The molecule has 2 unspecified atom stereocenters. The molecule has 0 saturated carbocycles. The molecule has 0 radical (unpaired) electrons. The Morgan fingerprint density at radius 2 is 1.96 bits per heavy atom. The summed E-state index contributed by atoms with van der Waals surface area (Å²) in [4.78, 5) is 40.3. The monoisotopic (exact) mass is 379 g/mol. The number of ether oxygens (including phenoxy) is 1. The molecule has 9 nitrogen and oxygen atoms in total. The van der Waals surface area contributed by atoms with Crippen molar-refractivity contribution in [3.05, 3.63) is 0 Å². The molecule has 2 aliphatic heterocycles. The Balaban J connectivity index is 2.10. The minimum absolute atomic E-state index is 0.0641. The van der Waals surface area contributed by atoms with Gasteiger partial charge in [0.2, 0.25) is 11.8 Å². The molecule has 9 heteroatoms. The van der Waals surface area contributed by atoms with Crippen LogP contribution in [0.25, 0.3) is 0 Å². The topological polar surface area (TPSA) is 115 Å². The first kappa shape index (κ1) is 21.0. The summed E-state index contributed by atoms with van der Waals surface area (Å²) in [7, 11) is 1.60. The Hall–Kier alpha value is -2.34. The standard InChI is InChI=1S/C18H29N5O4/c1-17(2,3)9-13(20-16(26)23-5-7-27-8-6-23)15(25)21-18(11-19)10-14(24)22(4)12-18/h13H,5-10,12H2,1-4H3,(H,20,26)(H,21,25). The number of amides is 4. The SMILES string of the molecule is CN1CC(C#N)(NC(=O)C(CC(C)(C)C)NC(=O)N2CCOCC2)CC1=O. The first-order valence-corrected chi connectivity index (χ1v) is 9.16. The maximum atomic E-state index is 12.9. The Morgan fingerprint density at radius 1 is 1.33 bits per heavy atom. The van der Waals surface area contributed by atoms with Crippen LogP contribution in [-0.2, 0) is 14.3 Å². The van der Waals surface area contributed by atoms with Crippen molar-refractivity contribution in [2.45, 2.75) is 45.2 Å². The van der Waals surface area contributed by atoms with Gasteiger partial charge in [-0.1, -0.05) is 20.8 Å². The highest BCUT2D eigenvalue weighted by Crippen LogP contribution is 2.24. The normalized spacial score (nSPS) is 24.3. The molecule has 2 saturated heterocycles. The van der Waals surface area contributed by atoms with E-state index in [1.807, 2.05) is 20.8 Å². The number of carbonyl (C=O) groups is 3. The molecule has 0 spiro atoms. The number of rotatable bonds is 4. The Morgan fingerprint density at radius 3 is 2.44 bits per heavy atom. The van der Waals surface area contributed by atoms with Crippen molar-refractivity contribution in [3.8, 4) is 6.07 Å². The average Bonchev–Trinajstić information content (AvgIpc) is 2.88. The molecule has 0 aliphatic carbocycles. The van der Waals surface area contributed by atoms with Crippen LogP contribution in [0.1, 0.15) is 33.6 Å². The van der Waals surface area contributed by atoms with Gasteiger partial charge in [-0.25, -0.2) is 4.79 Å². The molecule has 0 bridgehead atoms. The van der Waals surface area contributed by atoms with Crippen LogP contribution >= 0.6 is 0 Å². The molecule has 2 aliphatic rings. The van der Waals surface area contributed by atoms with E-state index in [1.54, 1.807) is 11.9 Å². The van der Waals surface area contributed by atoms with Crippen LogP contribution < -0.4 is 10.6 Å². The molecule has 0 aromatic rings. The molecule has 2 heterocycles. The molecule has 0 aromatic heterocycles. The quantitative estimate of drug-likeness (QED) is 0.717. The Labute approximate surface area is 160 Å². The summed E-state index contributed by atoms with van der Waals surface area (Å²) in [6.07, 6.45) is 0.339. The molecule has 4 amide bonds. The van der Waals surface area contributed by atoms with E-state index in [9.17, 15) is 19.6 Å². The maximum Gasteiger partial charge on any atom is 0.318 e. The van der Waals surface area contributed by atoms with E-state index in [2.05, 4.69) is 16.7 Å². The molecular formula is C18H29N5O4. The third kappa shape index (κ3) is 5.57. The number of nitrogens with zero attached hydrogens (tertiary/aromatic N) is 3. The van der Waals surface area contributed by atoms with E-state index in [0.29, 0.717) is 32.7 Å². The van der Waals surface area contributed by atoms with Crippen LogP contribution in [0.15, 0.2) is 0 Å². The van der Waals surface area contributed by atoms with Gasteiger partial charge in [-0.05, 0) is 11.8 Å². The summed E-state index contributed by atoms with van der Waals surface area (Å²) in [5.41, 5.74) is -1.48. The van der Waals surface area contributed by atoms with Gasteiger partial charge in [0.15, 0.2) is 5.54 Å². The number of hydrogen-bond donors (Lipinski definition) is 2. The predicted octanol–water partition coefficient (Wildman–Crippen LogP) is 0.0737. The molecule has 0 aromatic carbocycles. The fourth-order valence-corrected chi connectivity index (χ4v) is 3.28. The highest BCUT2D eigenvalue weighted by molar-refractivity contribution is 5.89. The molecule has 2 fully saturated rings. The zero-order valence-corrected chi connectivity index (χ0v) is 16.5. The molecule has 2 rings (SSSR count). The van der Waals surface area contributed by atoms with Gasteiger partial charge in [-0.3, -0.25) is 9.59 Å². The lowest BCUT2D eigenvalue weighted by molar-refractivity contribution is -0.126. The van der Waals surface area contributed by atoms with Crippen LogP contribution in [0, 0.1) is 16.7 Å². The molecule has 150 valence electrons. The first-order valence-electron chi connectivity index (χ1n) is 9.16. The van der Waals surface area contributed by atoms with E-state index in [4.69, 9.17) is 4.74 Å². The zero-order valence-electron chi connectivity index (χ0n) is 16.5. The molecule has 2 N–H and O–H groups in total. The number of morpholine rings is 1. The van der Waals surface area contributed by atoms with Gasteiger partial charge in [0.25, 0.3) is 0 Å². The molecule has 27 heavy (non-hydrogen) atoms. The molecule has 2 atom stereocenters. The number of likely N-dealkylation sites (N-methyl/N-ethyl adjacent to an activating group) is 1. The lowest BCUT2D eigenvalue weighted by atomic mass is 9.87. The van der Waals surface area contributed by atoms with Crippen LogP contribution in [0.3, 0.4) is 0 Å². The van der Waals surface area contributed by atoms with Gasteiger partial charge in [-0.2, -0.15) is 5.26 Å². The summed E-state index contributed by atoms with van der Waals surface area (Å²) in [6.45, 7) is 7.93. The van der Waals surface area contributed by atoms with Gasteiger partial charge >= 0.3 is 6.03 Å². The summed E-state index contributed by atoms with van der Waals surface area (Å²) in [5, 5.41) is 15.1. The smallest absolute Gasteiger partial charge is 0.318 e. The van der Waals surface area contributed by atoms with Crippen molar-refractivity contribution in [2.24, 2.45) is 5.41 Å². The van der Waals surface area contributed by atoms with Crippen molar-refractivity contribution in [1.82, 2.24) is 20.4 Å². The van der Waals surface area contributed by atoms with Gasteiger partial charge in [0.05, 0.1) is 32.2 Å². The Bertz CT molecular complexity index is 633. The second-order valence-corrected chi connectivity index (χ2v) is 8.48. The zero-order chi connectivity index (χ0) is 20.2. The number of urea groups is 1. The number of hydrogen-bond acceptors (Lipinski definition) is 5. The van der Waals surface area contributed by atoms with E-state index < -0.39 is 17.5 Å². The summed E-state index contributed by atoms with van der Waals surface area (Å²) in [6, 6.07) is 0.944. The van der Waals surface area contributed by atoms with Crippen LogP contribution in [0.4, 0.5) is 4.79 Å². The highest BCUT2D eigenvalue weighted by atomic mass is 16.5. The van der Waals surface area contributed by atoms with Gasteiger partial charge < -0.3 is 25.2 Å². The second-order valence-electron chi connectivity index (χ2n) is 8.48. The number of nitrogens with one attached hydrogen (secondary N) is 2. The largest absolute Gasteiger partial charge is 0.378 e. The summed E-state index contributed by atoms with van der Waals surface area (Å²) in [5.74, 6) is -0.641. The average molecular weight is 379 g/mol. The number of carbonyl (C=O) groups excluding carboxylic acids is 3. The van der Waals surface area contributed by atoms with E-state index in [0.717, 1.165) is 0 Å². The Kier molecular flexibility index (Phi) is 6.31. The summed E-state index contributed by atoms with van der Waals surface area (Å²) >= 11 is 0. The van der Waals surface area contributed by atoms with Gasteiger partial charge in [0, 0.05) is 20.1 Å². The van der Waals surface area contributed by atoms with Gasteiger partial charge in [0.1, 0.15) is 6.04 Å². The second kappa shape index (κ2) is 8.13. The predicted molar refractivity (Wildman–Crippen MR) is 97.5 cm³/mol. The third-order valence-electron chi connectivity index (χ3n) is 4.69. The number of nitriles is 1. The van der Waals surface area contributed by atoms with Crippen molar-refractivity contribution < 1.29 is 19.1 Å². The lowest BCUT2D eigenvalue weighted by Gasteiger charge is -2.32. The van der Waals surface area contributed by atoms with Crippen LogP contribution in [0.2, 0.25) is 0 Å². The lowest BCUT2D eigenvalue weighted by Crippen LogP contribution is -2.58. The van der Waals surface area contributed by atoms with Crippen molar-refractivity contribution in [2.75, 3.05) is 39.9 Å². The molecular weight excluding hydrogens is 350 g/mol. The first-order chi connectivity index (χ1) is 12.6. The minimum atomic E-state index is -1.26. The van der Waals surface area contributed by atoms with E-state index in [1.165, 1.54) is 4.90 Å². The van der Waals surface area contributed by atoms with Gasteiger partial charge in [-0.15, -0.1) is 0 Å². The van der Waals surface area contributed by atoms with Crippen LogP contribution in [0.5, 0.6) is 0 Å². The van der Waals surface area contributed by atoms with Crippen LogP contribution in [-0.4, -0.2) is 79.1 Å². The van der Waals surface area contributed by atoms with E-state index in [-0.39, 0.29) is 30.3 Å².